The van der Waals surface area contributed by atoms with E-state index in [1.165, 1.54) is 0 Å². The van der Waals surface area contributed by atoms with Gasteiger partial charge in [0.2, 0.25) is 0 Å². The van der Waals surface area contributed by atoms with E-state index in [9.17, 15) is 4.79 Å². The normalized spacial score (nSPS) is 13.2. The molecule has 0 aromatic rings. The van der Waals surface area contributed by atoms with E-state index in [1.807, 2.05) is 0 Å². The Morgan fingerprint density at radius 2 is 2.25 bits per heavy atom. The van der Waals surface area contributed by atoms with Gasteiger partial charge >= 0.3 is 0 Å². The number of aliphatic hydroxyl groups is 2. The monoisotopic (exact) mass is 118 g/mol. The molecule has 3 nitrogen and oxygen atoms in total. The van der Waals surface area contributed by atoms with Crippen LogP contribution in [0.3, 0.4) is 0 Å². The lowest BCUT2D eigenvalue weighted by Gasteiger charge is -1.97. The van der Waals surface area contributed by atoms with Crippen LogP contribution in [0.25, 0.3) is 0 Å². The number of hydrogen-bond acceptors (Lipinski definition) is 3. The molecule has 0 heterocycles. The molecular formula is C5H10O3. The molecule has 0 rings (SSSR count). The molecule has 0 aliphatic carbocycles. The first-order chi connectivity index (χ1) is 3.81. The maximum atomic E-state index is 9.68. The van der Waals surface area contributed by atoms with Crippen LogP contribution in [0.4, 0.5) is 0 Å². The quantitative estimate of drug-likeness (QED) is 0.481. The second kappa shape index (κ2) is 4.74. The minimum Gasteiger partial charge on any atom is -0.396 e. The molecule has 0 amide bonds. The van der Waals surface area contributed by atoms with Crippen molar-refractivity contribution >= 4 is 6.29 Å². The fraction of sp³-hybridized carbons (Fsp3) is 0.800. The van der Waals surface area contributed by atoms with Crippen molar-refractivity contribution in [3.63, 3.8) is 0 Å². The van der Waals surface area contributed by atoms with Gasteiger partial charge < -0.3 is 15.0 Å². The van der Waals surface area contributed by atoms with E-state index in [1.54, 1.807) is 0 Å². The number of hydrogen-bond donors (Lipinski definition) is 2. The molecule has 0 radical (unpaired) electrons. The summed E-state index contributed by atoms with van der Waals surface area (Å²) in [6, 6.07) is 0. The molecular weight excluding hydrogens is 108 g/mol. The number of rotatable bonds is 4. The highest BCUT2D eigenvalue weighted by atomic mass is 16.3. The van der Waals surface area contributed by atoms with Gasteiger partial charge in [-0.1, -0.05) is 0 Å². The van der Waals surface area contributed by atoms with Crippen LogP contribution in [0.2, 0.25) is 0 Å². The largest absolute Gasteiger partial charge is 0.396 e. The van der Waals surface area contributed by atoms with Crippen LogP contribution in [0.1, 0.15) is 12.8 Å². The summed E-state index contributed by atoms with van der Waals surface area (Å²) in [4.78, 5) is 9.68. The first-order valence-corrected chi connectivity index (χ1v) is 2.55. The average molecular weight is 118 g/mol. The number of carbonyl (C=O) groups excluding carboxylic acids is 1. The van der Waals surface area contributed by atoms with Gasteiger partial charge in [0.05, 0.1) is 0 Å². The van der Waals surface area contributed by atoms with Crippen LogP contribution < -0.4 is 0 Å². The van der Waals surface area contributed by atoms with Gasteiger partial charge in [0.15, 0.2) is 0 Å². The van der Waals surface area contributed by atoms with Crippen LogP contribution in [0.15, 0.2) is 0 Å². The van der Waals surface area contributed by atoms with Crippen LogP contribution in [0, 0.1) is 0 Å². The molecule has 0 unspecified atom stereocenters. The zero-order chi connectivity index (χ0) is 6.41. The van der Waals surface area contributed by atoms with Crippen LogP contribution >= 0.6 is 0 Å². The van der Waals surface area contributed by atoms with Crippen molar-refractivity contribution in [1.29, 1.82) is 0 Å². The SMILES string of the molecule is O=C[C@H](O)CCCO. The molecule has 0 fully saturated rings. The maximum absolute atomic E-state index is 9.68. The second-order valence-corrected chi connectivity index (χ2v) is 1.57. The Morgan fingerprint density at radius 3 is 2.62 bits per heavy atom. The van der Waals surface area contributed by atoms with Gasteiger partial charge in [-0.05, 0) is 12.8 Å². The average Bonchev–Trinajstić information content (AvgIpc) is 1.83. The van der Waals surface area contributed by atoms with E-state index in [-0.39, 0.29) is 6.61 Å². The standard InChI is InChI=1S/C5H10O3/c6-3-1-2-5(8)4-7/h4-6,8H,1-3H2/t5-/m1/s1. The van der Waals surface area contributed by atoms with E-state index in [2.05, 4.69) is 0 Å². The lowest BCUT2D eigenvalue weighted by Crippen LogP contribution is -2.07. The number of aliphatic hydroxyl groups excluding tert-OH is 2. The van der Waals surface area contributed by atoms with Gasteiger partial charge in [0.1, 0.15) is 12.4 Å². The highest BCUT2D eigenvalue weighted by molar-refractivity contribution is 5.55. The minimum atomic E-state index is -0.887. The van der Waals surface area contributed by atoms with E-state index in [0.717, 1.165) is 0 Å². The summed E-state index contributed by atoms with van der Waals surface area (Å²) in [6.45, 7) is 0.0326. The van der Waals surface area contributed by atoms with Crippen molar-refractivity contribution in [3.8, 4) is 0 Å². The summed E-state index contributed by atoms with van der Waals surface area (Å²) >= 11 is 0. The second-order valence-electron chi connectivity index (χ2n) is 1.57. The summed E-state index contributed by atoms with van der Waals surface area (Å²) in [5.41, 5.74) is 0. The van der Waals surface area contributed by atoms with Crippen molar-refractivity contribution in [2.75, 3.05) is 6.61 Å². The van der Waals surface area contributed by atoms with E-state index >= 15 is 0 Å². The Balaban J connectivity index is 2.98. The van der Waals surface area contributed by atoms with Gasteiger partial charge in [-0.2, -0.15) is 0 Å². The van der Waals surface area contributed by atoms with Crippen LogP contribution in [0.5, 0.6) is 0 Å². The predicted octanol–water partition coefficient (Wildman–Crippen LogP) is -0.681. The summed E-state index contributed by atoms with van der Waals surface area (Å²) in [7, 11) is 0. The Kier molecular flexibility index (Phi) is 4.50. The molecule has 0 aromatic carbocycles. The summed E-state index contributed by atoms with van der Waals surface area (Å²) in [5.74, 6) is 0. The van der Waals surface area contributed by atoms with Gasteiger partial charge in [0.25, 0.3) is 0 Å². The van der Waals surface area contributed by atoms with Gasteiger partial charge in [0, 0.05) is 6.61 Å². The van der Waals surface area contributed by atoms with Crippen molar-refractivity contribution in [1.82, 2.24) is 0 Å². The Labute approximate surface area is 47.9 Å². The molecule has 3 heteroatoms. The zero-order valence-corrected chi connectivity index (χ0v) is 4.58. The van der Waals surface area contributed by atoms with E-state index in [0.29, 0.717) is 19.1 Å². The third kappa shape index (κ3) is 3.77. The molecule has 0 saturated carbocycles. The Bertz CT molecular complexity index is 62.7. The summed E-state index contributed by atoms with van der Waals surface area (Å²) in [5, 5.41) is 16.7. The molecule has 0 bridgehead atoms. The Hall–Kier alpha value is -0.410. The number of aldehydes is 1. The van der Waals surface area contributed by atoms with Crippen molar-refractivity contribution in [2.24, 2.45) is 0 Å². The Morgan fingerprint density at radius 1 is 1.62 bits per heavy atom. The lowest BCUT2D eigenvalue weighted by molar-refractivity contribution is -0.115. The third-order valence-corrected chi connectivity index (χ3v) is 0.815. The fourth-order valence-electron chi connectivity index (χ4n) is 0.368. The molecule has 0 aliphatic rings. The lowest BCUT2D eigenvalue weighted by atomic mass is 10.2. The van der Waals surface area contributed by atoms with E-state index < -0.39 is 6.10 Å². The molecule has 2 N–H and O–H groups in total. The topological polar surface area (TPSA) is 57.5 Å². The zero-order valence-electron chi connectivity index (χ0n) is 4.58. The highest BCUT2D eigenvalue weighted by Gasteiger charge is 1.97. The van der Waals surface area contributed by atoms with Crippen LogP contribution in [-0.4, -0.2) is 29.2 Å². The van der Waals surface area contributed by atoms with Gasteiger partial charge in [-0.25, -0.2) is 0 Å². The molecule has 8 heavy (non-hydrogen) atoms. The van der Waals surface area contributed by atoms with Crippen molar-refractivity contribution in [3.05, 3.63) is 0 Å². The smallest absolute Gasteiger partial charge is 0.148 e. The number of carbonyl (C=O) groups is 1. The molecule has 0 aromatic heterocycles. The predicted molar refractivity (Wildman–Crippen MR) is 28.4 cm³/mol. The maximum Gasteiger partial charge on any atom is 0.148 e. The van der Waals surface area contributed by atoms with Crippen molar-refractivity contribution < 1.29 is 15.0 Å². The third-order valence-electron chi connectivity index (χ3n) is 0.815. The van der Waals surface area contributed by atoms with Gasteiger partial charge in [-0.15, -0.1) is 0 Å². The highest BCUT2D eigenvalue weighted by Crippen LogP contribution is 1.90. The first-order valence-electron chi connectivity index (χ1n) is 2.55. The van der Waals surface area contributed by atoms with Crippen LogP contribution in [-0.2, 0) is 4.79 Å². The minimum absolute atomic E-state index is 0.0326. The van der Waals surface area contributed by atoms with E-state index in [4.69, 9.17) is 10.2 Å². The fourth-order valence-corrected chi connectivity index (χ4v) is 0.368. The van der Waals surface area contributed by atoms with Gasteiger partial charge in [-0.3, -0.25) is 0 Å². The first kappa shape index (κ1) is 7.59. The van der Waals surface area contributed by atoms with Crippen molar-refractivity contribution in [2.45, 2.75) is 18.9 Å². The molecule has 0 spiro atoms. The molecule has 1 atom stereocenters. The molecule has 0 aliphatic heterocycles. The summed E-state index contributed by atoms with van der Waals surface area (Å²) < 4.78 is 0. The molecule has 0 saturated heterocycles. The summed E-state index contributed by atoms with van der Waals surface area (Å²) in [6.07, 6.45) is 0.428. The molecule has 48 valence electrons.